The minimum absolute atomic E-state index is 0.0759. The average molecular weight is 312 g/mol. The van der Waals surface area contributed by atoms with Gasteiger partial charge in [-0.05, 0) is 30.5 Å². The molecule has 0 heterocycles. The van der Waals surface area contributed by atoms with Gasteiger partial charge in [-0.2, -0.15) is 0 Å². The highest BCUT2D eigenvalue weighted by Crippen LogP contribution is 2.10. The van der Waals surface area contributed by atoms with Crippen molar-refractivity contribution in [2.24, 2.45) is 5.73 Å². The van der Waals surface area contributed by atoms with Crippen molar-refractivity contribution in [2.75, 3.05) is 16.8 Å². The van der Waals surface area contributed by atoms with Crippen molar-refractivity contribution in [1.29, 1.82) is 0 Å². The van der Waals surface area contributed by atoms with Gasteiger partial charge in [0.25, 0.3) is 0 Å². The van der Waals surface area contributed by atoms with Crippen molar-refractivity contribution in [2.45, 2.75) is 39.2 Å². The summed E-state index contributed by atoms with van der Waals surface area (Å²) in [5, 5.41) is 2.75. The molecule has 5 nitrogen and oxygen atoms in total. The van der Waals surface area contributed by atoms with Crippen LogP contribution >= 0.6 is 0 Å². The fourth-order valence-electron chi connectivity index (χ4n) is 1.87. The van der Waals surface area contributed by atoms with Gasteiger partial charge in [0.15, 0.2) is 0 Å². The van der Waals surface area contributed by atoms with Gasteiger partial charge < -0.3 is 11.1 Å². The Kier molecular flexibility index (Phi) is 7.39. The number of carbonyl (C=O) groups is 1. The van der Waals surface area contributed by atoms with Crippen molar-refractivity contribution in [3.05, 3.63) is 29.8 Å². The molecule has 1 rings (SSSR count). The maximum atomic E-state index is 11.7. The molecule has 0 aromatic heterocycles. The second-order valence-electron chi connectivity index (χ2n) is 5.06. The molecular weight excluding hydrogens is 288 g/mol. The van der Waals surface area contributed by atoms with Gasteiger partial charge in [-0.15, -0.1) is 0 Å². The lowest BCUT2D eigenvalue weighted by Gasteiger charge is -2.06. The van der Waals surface area contributed by atoms with Gasteiger partial charge in [-0.3, -0.25) is 4.79 Å². The second kappa shape index (κ2) is 8.79. The molecule has 0 aliphatic heterocycles. The summed E-state index contributed by atoms with van der Waals surface area (Å²) in [7, 11) is -3.02. The zero-order valence-electron chi connectivity index (χ0n) is 12.5. The molecule has 1 aromatic carbocycles. The molecule has 21 heavy (non-hydrogen) atoms. The van der Waals surface area contributed by atoms with Gasteiger partial charge >= 0.3 is 0 Å². The van der Waals surface area contributed by atoms with Crippen LogP contribution in [0.3, 0.4) is 0 Å². The standard InChI is InChI=1S/C15H24N2O3S/c1-2-3-10-21(19,20)11-4-5-15(18)17-14-8-6-13(12-16)7-9-14/h6-9H,2-5,10-12,16H2,1H3,(H,17,18). The lowest BCUT2D eigenvalue weighted by molar-refractivity contribution is -0.116. The summed E-state index contributed by atoms with van der Waals surface area (Å²) in [6, 6.07) is 7.28. The monoisotopic (exact) mass is 312 g/mol. The van der Waals surface area contributed by atoms with E-state index in [1.54, 1.807) is 12.1 Å². The van der Waals surface area contributed by atoms with Crippen LogP contribution in [0.1, 0.15) is 38.2 Å². The van der Waals surface area contributed by atoms with Crippen LogP contribution in [0.25, 0.3) is 0 Å². The number of nitrogens with one attached hydrogen (secondary N) is 1. The fourth-order valence-corrected chi connectivity index (χ4v) is 3.38. The molecule has 1 aromatic rings. The lowest BCUT2D eigenvalue weighted by Crippen LogP contribution is -2.15. The summed E-state index contributed by atoms with van der Waals surface area (Å²) in [6.45, 7) is 2.42. The van der Waals surface area contributed by atoms with E-state index in [2.05, 4.69) is 5.32 Å². The molecule has 0 bridgehead atoms. The highest BCUT2D eigenvalue weighted by Gasteiger charge is 2.11. The first-order valence-electron chi connectivity index (χ1n) is 7.26. The van der Waals surface area contributed by atoms with E-state index in [4.69, 9.17) is 5.73 Å². The summed E-state index contributed by atoms with van der Waals surface area (Å²) < 4.78 is 23.3. The van der Waals surface area contributed by atoms with Crippen LogP contribution in [-0.4, -0.2) is 25.8 Å². The van der Waals surface area contributed by atoms with Crippen LogP contribution in [0.2, 0.25) is 0 Å². The molecular formula is C15H24N2O3S. The molecule has 0 spiro atoms. The van der Waals surface area contributed by atoms with Gasteiger partial charge in [0.05, 0.1) is 11.5 Å². The maximum absolute atomic E-state index is 11.7. The Hall–Kier alpha value is -1.40. The highest BCUT2D eigenvalue weighted by molar-refractivity contribution is 7.91. The van der Waals surface area contributed by atoms with Crippen LogP contribution in [0.15, 0.2) is 24.3 Å². The number of hydrogen-bond donors (Lipinski definition) is 2. The third kappa shape index (κ3) is 7.24. The highest BCUT2D eigenvalue weighted by atomic mass is 32.2. The number of unbranched alkanes of at least 4 members (excludes halogenated alkanes) is 1. The minimum atomic E-state index is -3.02. The molecule has 0 aliphatic carbocycles. The quantitative estimate of drug-likeness (QED) is 0.730. The van der Waals surface area contributed by atoms with Gasteiger partial charge in [-0.1, -0.05) is 25.5 Å². The Labute approximate surface area is 126 Å². The summed E-state index contributed by atoms with van der Waals surface area (Å²) in [5.74, 6) is 0.124. The van der Waals surface area contributed by atoms with Crippen LogP contribution in [0.4, 0.5) is 5.69 Å². The second-order valence-corrected chi connectivity index (χ2v) is 7.36. The third-order valence-electron chi connectivity index (χ3n) is 3.14. The first kappa shape index (κ1) is 17.7. The van der Waals surface area contributed by atoms with Crippen LogP contribution in [0.5, 0.6) is 0 Å². The summed E-state index contributed by atoms with van der Waals surface area (Å²) >= 11 is 0. The molecule has 3 N–H and O–H groups in total. The molecule has 1 amide bonds. The van der Waals surface area contributed by atoms with E-state index in [0.717, 1.165) is 12.0 Å². The number of benzene rings is 1. The maximum Gasteiger partial charge on any atom is 0.224 e. The fraction of sp³-hybridized carbons (Fsp3) is 0.533. The molecule has 6 heteroatoms. The summed E-state index contributed by atoms with van der Waals surface area (Å²) in [5.41, 5.74) is 7.19. The number of hydrogen-bond acceptors (Lipinski definition) is 4. The normalized spacial score (nSPS) is 11.3. The van der Waals surface area contributed by atoms with E-state index >= 15 is 0 Å². The smallest absolute Gasteiger partial charge is 0.224 e. The minimum Gasteiger partial charge on any atom is -0.326 e. The number of sulfone groups is 1. The zero-order valence-corrected chi connectivity index (χ0v) is 13.3. The molecule has 0 radical (unpaired) electrons. The van der Waals surface area contributed by atoms with Crippen LogP contribution in [0, 0.1) is 0 Å². The van der Waals surface area contributed by atoms with Crippen molar-refractivity contribution in [3.8, 4) is 0 Å². The molecule has 118 valence electrons. The average Bonchev–Trinajstić information content (AvgIpc) is 2.46. The first-order valence-corrected chi connectivity index (χ1v) is 9.08. The first-order chi connectivity index (χ1) is 9.96. The Morgan fingerprint density at radius 2 is 1.76 bits per heavy atom. The van der Waals surface area contributed by atoms with Gasteiger partial charge in [0, 0.05) is 18.7 Å². The number of anilines is 1. The van der Waals surface area contributed by atoms with Crippen LogP contribution in [-0.2, 0) is 21.2 Å². The SMILES string of the molecule is CCCCS(=O)(=O)CCCC(=O)Nc1ccc(CN)cc1. The number of rotatable bonds is 9. The van der Waals surface area contributed by atoms with Crippen molar-refractivity contribution >= 4 is 21.4 Å². The van der Waals surface area contributed by atoms with E-state index in [1.165, 1.54) is 0 Å². The molecule has 0 aliphatic rings. The Bertz CT molecular complexity index is 539. The van der Waals surface area contributed by atoms with E-state index in [-0.39, 0.29) is 23.8 Å². The zero-order chi connectivity index (χ0) is 15.7. The predicted molar refractivity (Wildman–Crippen MR) is 85.8 cm³/mol. The van der Waals surface area contributed by atoms with Crippen molar-refractivity contribution < 1.29 is 13.2 Å². The molecule has 0 saturated carbocycles. The number of amides is 1. The summed E-state index contributed by atoms with van der Waals surface area (Å²) in [6.07, 6.45) is 2.11. The predicted octanol–water partition coefficient (Wildman–Crippen LogP) is 2.08. The summed E-state index contributed by atoms with van der Waals surface area (Å²) in [4.78, 5) is 11.7. The lowest BCUT2D eigenvalue weighted by atomic mass is 10.2. The van der Waals surface area contributed by atoms with Crippen molar-refractivity contribution in [1.82, 2.24) is 0 Å². The van der Waals surface area contributed by atoms with Gasteiger partial charge in [0.1, 0.15) is 9.84 Å². The largest absolute Gasteiger partial charge is 0.326 e. The molecule has 0 saturated heterocycles. The Balaban J connectivity index is 2.33. The Morgan fingerprint density at radius 1 is 1.14 bits per heavy atom. The van der Waals surface area contributed by atoms with Crippen molar-refractivity contribution in [3.63, 3.8) is 0 Å². The van der Waals surface area contributed by atoms with E-state index in [9.17, 15) is 13.2 Å². The topological polar surface area (TPSA) is 89.3 Å². The van der Waals surface area contributed by atoms with Gasteiger partial charge in [0.2, 0.25) is 5.91 Å². The number of nitrogens with two attached hydrogens (primary N) is 1. The van der Waals surface area contributed by atoms with Gasteiger partial charge in [-0.25, -0.2) is 8.42 Å². The van der Waals surface area contributed by atoms with E-state index < -0.39 is 9.84 Å². The van der Waals surface area contributed by atoms with E-state index in [1.807, 2.05) is 19.1 Å². The molecule has 0 atom stereocenters. The molecule has 0 unspecified atom stereocenters. The van der Waals surface area contributed by atoms with Crippen LogP contribution < -0.4 is 11.1 Å². The Morgan fingerprint density at radius 3 is 2.33 bits per heavy atom. The third-order valence-corrected chi connectivity index (χ3v) is 4.96. The molecule has 0 fully saturated rings. The number of carbonyl (C=O) groups excluding carboxylic acids is 1. The van der Waals surface area contributed by atoms with E-state index in [0.29, 0.717) is 25.1 Å².